The predicted molar refractivity (Wildman–Crippen MR) is 79.3 cm³/mol. The minimum Gasteiger partial charge on any atom is -0.378 e. The normalized spacial score (nSPS) is 32.0. The lowest BCUT2D eigenvalue weighted by molar-refractivity contribution is 0.106. The zero-order valence-corrected chi connectivity index (χ0v) is 12.6. The van der Waals surface area contributed by atoms with Crippen molar-refractivity contribution in [2.24, 2.45) is 16.8 Å². The molecule has 4 heteroatoms. The first-order chi connectivity index (χ1) is 8.74. The second-order valence-corrected chi connectivity index (χ2v) is 6.61. The Balaban J connectivity index is 1.72. The SMILES string of the molecule is CCC(CC)C1CN=C(NCC2CCOC2C)S1. The Hall–Kier alpha value is -0.220. The maximum atomic E-state index is 5.59. The van der Waals surface area contributed by atoms with E-state index in [-0.39, 0.29) is 0 Å². The topological polar surface area (TPSA) is 33.6 Å². The summed E-state index contributed by atoms with van der Waals surface area (Å²) in [6, 6.07) is 0. The summed E-state index contributed by atoms with van der Waals surface area (Å²) in [6.45, 7) is 9.69. The second kappa shape index (κ2) is 6.80. The Morgan fingerprint density at radius 2 is 2.22 bits per heavy atom. The lowest BCUT2D eigenvalue weighted by atomic mass is 9.99. The van der Waals surface area contributed by atoms with Crippen molar-refractivity contribution in [2.75, 3.05) is 19.7 Å². The van der Waals surface area contributed by atoms with Gasteiger partial charge in [-0.3, -0.25) is 4.99 Å². The highest BCUT2D eigenvalue weighted by Crippen LogP contribution is 2.30. The number of aliphatic imine (C=N–C) groups is 1. The Bertz CT molecular complexity index is 292. The van der Waals surface area contributed by atoms with Crippen molar-refractivity contribution in [2.45, 2.75) is 51.4 Å². The van der Waals surface area contributed by atoms with E-state index < -0.39 is 0 Å². The molecular formula is C14H26N2OS. The first-order valence-corrected chi connectivity index (χ1v) is 8.19. The number of ether oxygens (including phenoxy) is 1. The molecule has 0 amide bonds. The van der Waals surface area contributed by atoms with Gasteiger partial charge >= 0.3 is 0 Å². The average Bonchev–Trinajstić information content (AvgIpc) is 2.98. The summed E-state index contributed by atoms with van der Waals surface area (Å²) in [5.41, 5.74) is 0. The Kier molecular flexibility index (Phi) is 5.37. The number of amidine groups is 1. The molecule has 0 aliphatic carbocycles. The molecule has 3 unspecified atom stereocenters. The third kappa shape index (κ3) is 3.41. The first kappa shape index (κ1) is 14.2. The molecule has 104 valence electrons. The van der Waals surface area contributed by atoms with Crippen LogP contribution < -0.4 is 5.32 Å². The second-order valence-electron chi connectivity index (χ2n) is 5.38. The van der Waals surface area contributed by atoms with E-state index in [9.17, 15) is 0 Å². The van der Waals surface area contributed by atoms with Crippen molar-refractivity contribution >= 4 is 16.9 Å². The Labute approximate surface area is 115 Å². The van der Waals surface area contributed by atoms with Crippen LogP contribution in [0.2, 0.25) is 0 Å². The maximum absolute atomic E-state index is 5.59. The molecule has 0 saturated carbocycles. The number of nitrogens with one attached hydrogen (secondary N) is 1. The quantitative estimate of drug-likeness (QED) is 0.834. The first-order valence-electron chi connectivity index (χ1n) is 7.31. The van der Waals surface area contributed by atoms with Crippen molar-refractivity contribution in [3.8, 4) is 0 Å². The molecule has 2 aliphatic rings. The fraction of sp³-hybridized carbons (Fsp3) is 0.929. The van der Waals surface area contributed by atoms with E-state index in [1.807, 2.05) is 11.8 Å². The molecular weight excluding hydrogens is 244 g/mol. The van der Waals surface area contributed by atoms with Crippen LogP contribution in [0.15, 0.2) is 4.99 Å². The van der Waals surface area contributed by atoms with Gasteiger partial charge < -0.3 is 10.1 Å². The number of thioether (sulfide) groups is 1. The van der Waals surface area contributed by atoms with E-state index in [1.54, 1.807) is 0 Å². The van der Waals surface area contributed by atoms with Crippen LogP contribution in [0, 0.1) is 11.8 Å². The van der Waals surface area contributed by atoms with Crippen LogP contribution in [0.1, 0.15) is 40.0 Å². The minimum absolute atomic E-state index is 0.402. The number of rotatable bonds is 5. The number of hydrogen-bond donors (Lipinski definition) is 1. The molecule has 1 fully saturated rings. The van der Waals surface area contributed by atoms with Crippen molar-refractivity contribution in [1.29, 1.82) is 0 Å². The van der Waals surface area contributed by atoms with Gasteiger partial charge in [0.15, 0.2) is 5.17 Å². The summed E-state index contributed by atoms with van der Waals surface area (Å²) in [5.74, 6) is 1.47. The van der Waals surface area contributed by atoms with E-state index in [4.69, 9.17) is 4.74 Å². The molecule has 1 saturated heterocycles. The molecule has 0 aromatic heterocycles. The van der Waals surface area contributed by atoms with Crippen molar-refractivity contribution in [1.82, 2.24) is 5.32 Å². The molecule has 0 aromatic rings. The summed E-state index contributed by atoms with van der Waals surface area (Å²) in [6.07, 6.45) is 4.12. The van der Waals surface area contributed by atoms with E-state index >= 15 is 0 Å². The summed E-state index contributed by atoms with van der Waals surface area (Å²) in [4.78, 5) is 4.65. The maximum Gasteiger partial charge on any atom is 0.156 e. The fourth-order valence-corrected chi connectivity index (χ4v) is 4.14. The van der Waals surface area contributed by atoms with Crippen molar-refractivity contribution in [3.63, 3.8) is 0 Å². The van der Waals surface area contributed by atoms with E-state index in [0.717, 1.165) is 30.8 Å². The molecule has 3 nitrogen and oxygen atoms in total. The van der Waals surface area contributed by atoms with Crippen molar-refractivity contribution < 1.29 is 4.74 Å². The Morgan fingerprint density at radius 1 is 1.44 bits per heavy atom. The van der Waals surface area contributed by atoms with Crippen molar-refractivity contribution in [3.05, 3.63) is 0 Å². The van der Waals surface area contributed by atoms with E-state index in [0.29, 0.717) is 17.3 Å². The lowest BCUT2D eigenvalue weighted by Crippen LogP contribution is -2.30. The molecule has 2 aliphatic heterocycles. The zero-order chi connectivity index (χ0) is 13.0. The molecule has 0 aromatic carbocycles. The molecule has 18 heavy (non-hydrogen) atoms. The summed E-state index contributed by atoms with van der Waals surface area (Å²) in [7, 11) is 0. The monoisotopic (exact) mass is 270 g/mol. The lowest BCUT2D eigenvalue weighted by Gasteiger charge is -2.19. The third-order valence-corrected chi connectivity index (χ3v) is 5.63. The molecule has 0 radical (unpaired) electrons. The standard InChI is InChI=1S/C14H26N2OS/c1-4-11(5-2)13-9-16-14(18-13)15-8-12-6-7-17-10(12)3/h10-13H,4-9H2,1-3H3,(H,15,16). The third-order valence-electron chi connectivity index (χ3n) is 4.30. The van der Waals surface area contributed by atoms with E-state index in [1.165, 1.54) is 19.3 Å². The van der Waals surface area contributed by atoms with Gasteiger partial charge in [0.25, 0.3) is 0 Å². The highest BCUT2D eigenvalue weighted by atomic mass is 32.2. The summed E-state index contributed by atoms with van der Waals surface area (Å²) >= 11 is 1.95. The predicted octanol–water partition coefficient (Wildman–Crippen LogP) is 2.91. The van der Waals surface area contributed by atoms with Gasteiger partial charge in [-0.2, -0.15) is 0 Å². The van der Waals surface area contributed by atoms with Gasteiger partial charge in [-0.05, 0) is 19.3 Å². The molecule has 2 rings (SSSR count). The summed E-state index contributed by atoms with van der Waals surface area (Å²) in [5, 5.41) is 5.37. The average molecular weight is 270 g/mol. The van der Waals surface area contributed by atoms with Gasteiger partial charge in [-0.15, -0.1) is 0 Å². The van der Waals surface area contributed by atoms with Gasteiger partial charge in [-0.1, -0.05) is 38.5 Å². The summed E-state index contributed by atoms with van der Waals surface area (Å²) < 4.78 is 5.59. The van der Waals surface area contributed by atoms with Crippen LogP contribution in [0.4, 0.5) is 0 Å². The minimum atomic E-state index is 0.402. The Morgan fingerprint density at radius 3 is 2.83 bits per heavy atom. The van der Waals surface area contributed by atoms with E-state index in [2.05, 4.69) is 31.1 Å². The van der Waals surface area contributed by atoms with Crippen LogP contribution in [0.5, 0.6) is 0 Å². The highest BCUT2D eigenvalue weighted by molar-refractivity contribution is 8.14. The molecule has 1 N–H and O–H groups in total. The van der Waals surface area contributed by atoms with Gasteiger partial charge in [0.2, 0.25) is 0 Å². The van der Waals surface area contributed by atoms with Gasteiger partial charge in [0.1, 0.15) is 0 Å². The van der Waals surface area contributed by atoms with Gasteiger partial charge in [-0.25, -0.2) is 0 Å². The van der Waals surface area contributed by atoms with Crippen LogP contribution >= 0.6 is 11.8 Å². The molecule has 2 heterocycles. The largest absolute Gasteiger partial charge is 0.378 e. The smallest absolute Gasteiger partial charge is 0.156 e. The van der Waals surface area contributed by atoms with Gasteiger partial charge in [0.05, 0.1) is 12.6 Å². The zero-order valence-electron chi connectivity index (χ0n) is 11.8. The molecule has 0 spiro atoms. The van der Waals surface area contributed by atoms with Crippen LogP contribution in [-0.4, -0.2) is 36.2 Å². The van der Waals surface area contributed by atoms with Crippen LogP contribution in [0.3, 0.4) is 0 Å². The highest BCUT2D eigenvalue weighted by Gasteiger charge is 2.28. The molecule has 0 bridgehead atoms. The van der Waals surface area contributed by atoms with Crippen LogP contribution in [-0.2, 0) is 4.74 Å². The fourth-order valence-electron chi connectivity index (χ4n) is 2.81. The molecule has 3 atom stereocenters. The van der Waals surface area contributed by atoms with Gasteiger partial charge in [0, 0.05) is 24.3 Å². The number of hydrogen-bond acceptors (Lipinski definition) is 4. The number of nitrogens with zero attached hydrogens (tertiary/aromatic N) is 1. The van der Waals surface area contributed by atoms with Crippen LogP contribution in [0.25, 0.3) is 0 Å².